The highest BCUT2D eigenvalue weighted by atomic mass is 32.1. The van der Waals surface area contributed by atoms with Crippen molar-refractivity contribution in [3.8, 4) is 11.3 Å². The summed E-state index contributed by atoms with van der Waals surface area (Å²) in [6.45, 7) is 1.27. The number of ether oxygens (including phenoxy) is 1. The molecule has 3 aromatic heterocycles. The van der Waals surface area contributed by atoms with Crippen LogP contribution >= 0.6 is 22.7 Å². The molecule has 0 aliphatic carbocycles. The van der Waals surface area contributed by atoms with E-state index < -0.39 is 0 Å². The second-order valence-corrected chi connectivity index (χ2v) is 8.72. The number of nitrogens with one attached hydrogen (secondary N) is 1. The van der Waals surface area contributed by atoms with Gasteiger partial charge in [0.15, 0.2) is 0 Å². The first-order valence-corrected chi connectivity index (χ1v) is 11.3. The van der Waals surface area contributed by atoms with Crippen molar-refractivity contribution in [2.45, 2.75) is 18.9 Å². The van der Waals surface area contributed by atoms with Gasteiger partial charge >= 0.3 is 0 Å². The second-order valence-electron chi connectivity index (χ2n) is 7.08. The van der Waals surface area contributed by atoms with E-state index in [2.05, 4.69) is 39.6 Å². The standard InChI is InChI=1S/C22H19N3O2S2/c26-22(24-17-5-7-27-11-17)19-10-16(21-18(25-19)6-8-29-21)9-14-1-3-15(4-2-14)20-12-28-13-23-20/h1-4,6,8,10,12-13,17H,5,7,9,11H2,(H,24,26)/t17-/m0/s1. The number of nitrogens with zero attached hydrogens (tertiary/aromatic N) is 2. The summed E-state index contributed by atoms with van der Waals surface area (Å²) in [5.74, 6) is -0.131. The van der Waals surface area contributed by atoms with Gasteiger partial charge in [-0.25, -0.2) is 9.97 Å². The van der Waals surface area contributed by atoms with Crippen LogP contribution in [-0.2, 0) is 11.2 Å². The predicted molar refractivity (Wildman–Crippen MR) is 117 cm³/mol. The van der Waals surface area contributed by atoms with Gasteiger partial charge in [-0.3, -0.25) is 4.79 Å². The van der Waals surface area contributed by atoms with Crippen molar-refractivity contribution in [3.63, 3.8) is 0 Å². The Kier molecular flexibility index (Phi) is 5.10. The third kappa shape index (κ3) is 3.94. The molecule has 4 heterocycles. The lowest BCUT2D eigenvalue weighted by molar-refractivity contribution is 0.0925. The van der Waals surface area contributed by atoms with Crippen molar-refractivity contribution >= 4 is 38.8 Å². The zero-order valence-electron chi connectivity index (χ0n) is 15.6. The molecule has 1 aliphatic rings. The fraction of sp³-hybridized carbons (Fsp3) is 0.227. The highest BCUT2D eigenvalue weighted by Gasteiger charge is 2.20. The number of amides is 1. The highest BCUT2D eigenvalue weighted by Crippen LogP contribution is 2.27. The Labute approximate surface area is 176 Å². The molecule has 0 unspecified atom stereocenters. The number of hydrogen-bond acceptors (Lipinski definition) is 6. The molecule has 1 fully saturated rings. The third-order valence-corrected chi connectivity index (χ3v) is 6.63. The molecule has 0 saturated carbocycles. The normalized spacial score (nSPS) is 16.3. The molecule has 1 aliphatic heterocycles. The Bertz CT molecular complexity index is 1130. The molecule has 1 N–H and O–H groups in total. The van der Waals surface area contributed by atoms with Gasteiger partial charge in [0.1, 0.15) is 5.69 Å². The minimum atomic E-state index is -0.131. The zero-order valence-corrected chi connectivity index (χ0v) is 17.3. The average Bonchev–Trinajstić information content (AvgIpc) is 3.50. The van der Waals surface area contributed by atoms with Gasteiger partial charge in [-0.1, -0.05) is 24.3 Å². The van der Waals surface area contributed by atoms with Crippen LogP contribution in [-0.4, -0.2) is 35.1 Å². The van der Waals surface area contributed by atoms with Crippen LogP contribution in [0.2, 0.25) is 0 Å². The molecule has 1 atom stereocenters. The van der Waals surface area contributed by atoms with E-state index in [1.165, 1.54) is 5.56 Å². The Hall–Kier alpha value is -2.61. The number of carbonyl (C=O) groups excluding carboxylic acids is 1. The van der Waals surface area contributed by atoms with E-state index in [9.17, 15) is 4.79 Å². The van der Waals surface area contributed by atoms with E-state index in [1.54, 1.807) is 22.7 Å². The van der Waals surface area contributed by atoms with Crippen molar-refractivity contribution in [1.29, 1.82) is 0 Å². The van der Waals surface area contributed by atoms with E-state index in [0.29, 0.717) is 18.9 Å². The van der Waals surface area contributed by atoms with E-state index in [4.69, 9.17) is 4.74 Å². The maximum Gasteiger partial charge on any atom is 0.270 e. The minimum absolute atomic E-state index is 0.0733. The number of fused-ring (bicyclic) bond motifs is 1. The Morgan fingerprint density at radius 3 is 2.90 bits per heavy atom. The lowest BCUT2D eigenvalue weighted by Crippen LogP contribution is -2.35. The fourth-order valence-electron chi connectivity index (χ4n) is 3.55. The molecular formula is C22H19N3O2S2. The highest BCUT2D eigenvalue weighted by molar-refractivity contribution is 7.17. The lowest BCUT2D eigenvalue weighted by Gasteiger charge is -2.12. The molecule has 1 amide bonds. The summed E-state index contributed by atoms with van der Waals surface area (Å²) < 4.78 is 6.49. The summed E-state index contributed by atoms with van der Waals surface area (Å²) in [6.07, 6.45) is 1.61. The van der Waals surface area contributed by atoms with Crippen LogP contribution < -0.4 is 5.32 Å². The number of thiazole rings is 1. The van der Waals surface area contributed by atoms with E-state index in [-0.39, 0.29) is 11.9 Å². The first kappa shape index (κ1) is 18.4. The molecule has 4 aromatic rings. The molecule has 1 saturated heterocycles. The smallest absolute Gasteiger partial charge is 0.270 e. The molecule has 0 radical (unpaired) electrons. The first-order chi connectivity index (χ1) is 14.3. The topological polar surface area (TPSA) is 64.1 Å². The number of carbonyl (C=O) groups is 1. The number of rotatable bonds is 5. The number of thiophene rings is 1. The molecule has 7 heteroatoms. The summed E-state index contributed by atoms with van der Waals surface area (Å²) in [5, 5.41) is 7.11. The van der Waals surface area contributed by atoms with Gasteiger partial charge in [0.25, 0.3) is 5.91 Å². The maximum atomic E-state index is 12.7. The van der Waals surface area contributed by atoms with Gasteiger partial charge in [0.2, 0.25) is 0 Å². The molecule has 146 valence electrons. The molecule has 0 spiro atoms. The molecule has 5 rings (SSSR count). The predicted octanol–water partition coefficient (Wildman–Crippen LogP) is 4.53. The molecule has 29 heavy (non-hydrogen) atoms. The van der Waals surface area contributed by atoms with Gasteiger partial charge < -0.3 is 10.1 Å². The summed E-state index contributed by atoms with van der Waals surface area (Å²) in [6, 6.07) is 12.4. The number of hydrogen-bond donors (Lipinski definition) is 1. The lowest BCUT2D eigenvalue weighted by atomic mass is 10.0. The number of aromatic nitrogens is 2. The van der Waals surface area contributed by atoms with Crippen LogP contribution in [0, 0.1) is 0 Å². The molecule has 0 bridgehead atoms. The van der Waals surface area contributed by atoms with Crippen LogP contribution in [0.5, 0.6) is 0 Å². The average molecular weight is 422 g/mol. The van der Waals surface area contributed by atoms with Crippen molar-refractivity contribution in [3.05, 3.63) is 69.5 Å². The van der Waals surface area contributed by atoms with E-state index >= 15 is 0 Å². The van der Waals surface area contributed by atoms with Crippen LogP contribution in [0.15, 0.2) is 52.7 Å². The quantitative estimate of drug-likeness (QED) is 0.514. The monoisotopic (exact) mass is 421 g/mol. The number of benzene rings is 1. The molecule has 5 nitrogen and oxygen atoms in total. The van der Waals surface area contributed by atoms with Gasteiger partial charge in [0, 0.05) is 17.6 Å². The first-order valence-electron chi connectivity index (χ1n) is 9.49. The summed E-state index contributed by atoms with van der Waals surface area (Å²) in [7, 11) is 0. The van der Waals surface area contributed by atoms with Gasteiger partial charge in [0.05, 0.1) is 34.1 Å². The SMILES string of the molecule is O=C(N[C@H]1CCOC1)c1cc(Cc2ccc(-c3cscn3)cc2)c2sccc2n1. The Morgan fingerprint density at radius 2 is 2.14 bits per heavy atom. The molecule has 1 aromatic carbocycles. The van der Waals surface area contributed by atoms with Gasteiger partial charge in [-0.15, -0.1) is 22.7 Å². The van der Waals surface area contributed by atoms with Crippen LogP contribution in [0.25, 0.3) is 21.5 Å². The van der Waals surface area contributed by atoms with Crippen molar-refractivity contribution in [2.75, 3.05) is 13.2 Å². The van der Waals surface area contributed by atoms with E-state index in [1.807, 2.05) is 28.4 Å². The van der Waals surface area contributed by atoms with Gasteiger partial charge in [-0.2, -0.15) is 0 Å². The number of pyridine rings is 1. The van der Waals surface area contributed by atoms with Crippen molar-refractivity contribution in [1.82, 2.24) is 15.3 Å². The fourth-order valence-corrected chi connectivity index (χ4v) is 4.96. The van der Waals surface area contributed by atoms with Crippen LogP contribution in [0.3, 0.4) is 0 Å². The summed E-state index contributed by atoms with van der Waals surface area (Å²) in [4.78, 5) is 21.7. The van der Waals surface area contributed by atoms with E-state index in [0.717, 1.165) is 39.9 Å². The second kappa shape index (κ2) is 8.02. The Morgan fingerprint density at radius 1 is 1.24 bits per heavy atom. The molecular weight excluding hydrogens is 402 g/mol. The van der Waals surface area contributed by atoms with Gasteiger partial charge in [-0.05, 0) is 41.5 Å². The minimum Gasteiger partial charge on any atom is -0.379 e. The zero-order chi connectivity index (χ0) is 19.6. The summed E-state index contributed by atoms with van der Waals surface area (Å²) >= 11 is 3.26. The van der Waals surface area contributed by atoms with Crippen molar-refractivity contribution < 1.29 is 9.53 Å². The van der Waals surface area contributed by atoms with Crippen LogP contribution in [0.1, 0.15) is 28.0 Å². The van der Waals surface area contributed by atoms with Crippen molar-refractivity contribution in [2.24, 2.45) is 0 Å². The largest absolute Gasteiger partial charge is 0.379 e. The Balaban J connectivity index is 1.41. The third-order valence-electron chi connectivity index (χ3n) is 5.06. The maximum absolute atomic E-state index is 12.7. The van der Waals surface area contributed by atoms with Crippen LogP contribution in [0.4, 0.5) is 0 Å². The summed E-state index contributed by atoms with van der Waals surface area (Å²) in [5.41, 5.74) is 7.62.